The van der Waals surface area contributed by atoms with Gasteiger partial charge in [0.15, 0.2) is 6.23 Å². The first-order valence-corrected chi connectivity index (χ1v) is 6.32. The number of aliphatic hydroxyl groups is 1. The van der Waals surface area contributed by atoms with Gasteiger partial charge >= 0.3 is 5.97 Å². The molecule has 0 spiro atoms. The SMILES string of the molecule is O=C(O)C1=C2CCCCN2N(c2ccccn2)C1O. The lowest BCUT2D eigenvalue weighted by Gasteiger charge is -2.36. The number of piperidine rings is 1. The highest BCUT2D eigenvalue weighted by atomic mass is 16.4. The molecule has 0 amide bonds. The van der Waals surface area contributed by atoms with Crippen LogP contribution in [-0.4, -0.2) is 38.9 Å². The molecule has 100 valence electrons. The molecular formula is C13H15N3O3. The first-order valence-electron chi connectivity index (χ1n) is 6.32. The first kappa shape index (κ1) is 12.0. The van der Waals surface area contributed by atoms with Gasteiger partial charge in [0.1, 0.15) is 11.4 Å². The average molecular weight is 261 g/mol. The Kier molecular flexibility index (Phi) is 2.87. The summed E-state index contributed by atoms with van der Waals surface area (Å²) in [5, 5.41) is 23.0. The Morgan fingerprint density at radius 3 is 2.89 bits per heavy atom. The number of allylic oxidation sites excluding steroid dienone is 1. The third-order valence-electron chi connectivity index (χ3n) is 3.52. The van der Waals surface area contributed by atoms with Crippen molar-refractivity contribution in [3.05, 3.63) is 35.7 Å². The van der Waals surface area contributed by atoms with Crippen molar-refractivity contribution in [3.63, 3.8) is 0 Å². The molecule has 2 N–H and O–H groups in total. The molecule has 6 nitrogen and oxygen atoms in total. The molecule has 0 bridgehead atoms. The van der Waals surface area contributed by atoms with Gasteiger partial charge in [-0.25, -0.2) is 14.8 Å². The van der Waals surface area contributed by atoms with Crippen LogP contribution < -0.4 is 5.01 Å². The van der Waals surface area contributed by atoms with Crippen molar-refractivity contribution >= 4 is 11.8 Å². The normalized spacial score (nSPS) is 22.7. The second-order valence-corrected chi connectivity index (χ2v) is 4.65. The highest BCUT2D eigenvalue weighted by Gasteiger charge is 2.42. The smallest absolute Gasteiger partial charge is 0.338 e. The topological polar surface area (TPSA) is 76.9 Å². The number of carboxylic acids is 1. The summed E-state index contributed by atoms with van der Waals surface area (Å²) in [6, 6.07) is 5.37. The number of hydrazine groups is 1. The van der Waals surface area contributed by atoms with E-state index in [0.717, 1.165) is 12.8 Å². The van der Waals surface area contributed by atoms with Crippen molar-refractivity contribution in [2.24, 2.45) is 0 Å². The van der Waals surface area contributed by atoms with E-state index in [4.69, 9.17) is 0 Å². The second kappa shape index (κ2) is 4.55. The molecule has 1 saturated heterocycles. The summed E-state index contributed by atoms with van der Waals surface area (Å²) in [4.78, 5) is 15.6. The third-order valence-corrected chi connectivity index (χ3v) is 3.52. The molecule has 1 unspecified atom stereocenters. The van der Waals surface area contributed by atoms with E-state index in [1.54, 1.807) is 23.3 Å². The van der Waals surface area contributed by atoms with Gasteiger partial charge in [0.2, 0.25) is 0 Å². The van der Waals surface area contributed by atoms with Crippen LogP contribution in [0.3, 0.4) is 0 Å². The zero-order valence-corrected chi connectivity index (χ0v) is 10.4. The number of aliphatic carboxylic acids is 1. The van der Waals surface area contributed by atoms with Gasteiger partial charge in [0, 0.05) is 12.7 Å². The molecule has 1 aromatic rings. The fraction of sp³-hybridized carbons (Fsp3) is 0.385. The summed E-state index contributed by atoms with van der Waals surface area (Å²) in [6.45, 7) is 0.708. The molecule has 19 heavy (non-hydrogen) atoms. The molecule has 0 aromatic carbocycles. The quantitative estimate of drug-likeness (QED) is 0.825. The number of pyridine rings is 1. The molecule has 0 aliphatic carbocycles. The van der Waals surface area contributed by atoms with E-state index in [-0.39, 0.29) is 5.57 Å². The molecule has 0 radical (unpaired) electrons. The van der Waals surface area contributed by atoms with Crippen LogP contribution in [-0.2, 0) is 4.79 Å². The van der Waals surface area contributed by atoms with Crippen LogP contribution in [0.1, 0.15) is 19.3 Å². The van der Waals surface area contributed by atoms with Crippen molar-refractivity contribution in [1.82, 2.24) is 9.99 Å². The summed E-state index contributed by atoms with van der Waals surface area (Å²) in [5.74, 6) is -0.501. The Hall–Kier alpha value is -2.08. The van der Waals surface area contributed by atoms with Crippen LogP contribution >= 0.6 is 0 Å². The van der Waals surface area contributed by atoms with Gasteiger partial charge in [-0.15, -0.1) is 0 Å². The molecule has 2 aliphatic heterocycles. The maximum atomic E-state index is 11.4. The number of hydrogen-bond donors (Lipinski definition) is 2. The van der Waals surface area contributed by atoms with Crippen molar-refractivity contribution < 1.29 is 15.0 Å². The molecule has 1 atom stereocenters. The number of nitrogens with zero attached hydrogens (tertiary/aromatic N) is 3. The fourth-order valence-corrected chi connectivity index (χ4v) is 2.70. The van der Waals surface area contributed by atoms with Crippen molar-refractivity contribution in [1.29, 1.82) is 0 Å². The van der Waals surface area contributed by atoms with E-state index in [0.29, 0.717) is 24.5 Å². The second-order valence-electron chi connectivity index (χ2n) is 4.65. The van der Waals surface area contributed by atoms with E-state index in [9.17, 15) is 15.0 Å². The maximum absolute atomic E-state index is 11.4. The number of carbonyl (C=O) groups is 1. The van der Waals surface area contributed by atoms with Crippen molar-refractivity contribution in [2.75, 3.05) is 11.6 Å². The fourth-order valence-electron chi connectivity index (χ4n) is 2.70. The molecule has 3 heterocycles. The third kappa shape index (κ3) is 1.84. The summed E-state index contributed by atoms with van der Waals surface area (Å²) in [6.07, 6.45) is 3.07. The molecule has 1 aromatic heterocycles. The van der Waals surface area contributed by atoms with E-state index in [1.165, 1.54) is 0 Å². The average Bonchev–Trinajstić information content (AvgIpc) is 2.71. The number of aliphatic hydroxyl groups excluding tert-OH is 1. The Balaban J connectivity index is 2.03. The van der Waals surface area contributed by atoms with Crippen LogP contribution in [0.2, 0.25) is 0 Å². The van der Waals surface area contributed by atoms with Gasteiger partial charge in [0.25, 0.3) is 0 Å². The lowest BCUT2D eigenvalue weighted by Crippen LogP contribution is -2.45. The van der Waals surface area contributed by atoms with Gasteiger partial charge in [-0.05, 0) is 31.4 Å². The number of carboxylic acid groups (broad SMARTS) is 1. The van der Waals surface area contributed by atoms with Gasteiger partial charge in [0.05, 0.1) is 5.70 Å². The monoisotopic (exact) mass is 261 g/mol. The minimum Gasteiger partial charge on any atom is -0.478 e. The van der Waals surface area contributed by atoms with Crippen LogP contribution in [0.25, 0.3) is 0 Å². The molecule has 0 saturated carbocycles. The molecule has 6 heteroatoms. The highest BCUT2D eigenvalue weighted by Crippen LogP contribution is 2.37. The number of hydrogen-bond acceptors (Lipinski definition) is 5. The molecule has 1 fully saturated rings. The van der Waals surface area contributed by atoms with Crippen LogP contribution in [0.15, 0.2) is 35.7 Å². The minimum absolute atomic E-state index is 0.0744. The van der Waals surface area contributed by atoms with Gasteiger partial charge in [-0.2, -0.15) is 0 Å². The van der Waals surface area contributed by atoms with Crippen molar-refractivity contribution in [3.8, 4) is 0 Å². The first-order chi connectivity index (χ1) is 9.20. The molecule has 2 aliphatic rings. The van der Waals surface area contributed by atoms with E-state index < -0.39 is 12.2 Å². The maximum Gasteiger partial charge on any atom is 0.338 e. The van der Waals surface area contributed by atoms with Crippen LogP contribution in [0, 0.1) is 0 Å². The highest BCUT2D eigenvalue weighted by molar-refractivity contribution is 5.90. The van der Waals surface area contributed by atoms with Crippen molar-refractivity contribution in [2.45, 2.75) is 25.5 Å². The summed E-state index contributed by atoms with van der Waals surface area (Å²) >= 11 is 0. The number of rotatable bonds is 2. The summed E-state index contributed by atoms with van der Waals surface area (Å²) < 4.78 is 0. The standard InChI is InChI=1S/C13H15N3O3/c17-12-11(13(18)19)9-5-2-4-8-15(9)16(12)10-6-1-3-7-14-10/h1,3,6-7,12,17H,2,4-5,8H2,(H,18,19). The zero-order valence-electron chi connectivity index (χ0n) is 10.4. The summed E-state index contributed by atoms with van der Waals surface area (Å²) in [5.41, 5.74) is 0.780. The summed E-state index contributed by atoms with van der Waals surface area (Å²) in [7, 11) is 0. The molecular weight excluding hydrogens is 246 g/mol. The number of aromatic nitrogens is 1. The Morgan fingerprint density at radius 2 is 2.21 bits per heavy atom. The van der Waals surface area contributed by atoms with Crippen LogP contribution in [0.5, 0.6) is 0 Å². The van der Waals surface area contributed by atoms with Gasteiger partial charge < -0.3 is 10.2 Å². The lowest BCUT2D eigenvalue weighted by molar-refractivity contribution is -0.133. The van der Waals surface area contributed by atoms with E-state index in [2.05, 4.69) is 4.98 Å². The largest absolute Gasteiger partial charge is 0.478 e. The predicted molar refractivity (Wildman–Crippen MR) is 67.9 cm³/mol. The lowest BCUT2D eigenvalue weighted by atomic mass is 10.1. The number of anilines is 1. The number of fused-ring (bicyclic) bond motifs is 1. The minimum atomic E-state index is -1.17. The van der Waals surface area contributed by atoms with E-state index >= 15 is 0 Å². The molecule has 3 rings (SSSR count). The Bertz CT molecular complexity index is 529. The Morgan fingerprint density at radius 1 is 1.37 bits per heavy atom. The Labute approximate surface area is 110 Å². The van der Waals surface area contributed by atoms with E-state index in [1.807, 2.05) is 11.1 Å². The van der Waals surface area contributed by atoms with Crippen LogP contribution in [0.4, 0.5) is 5.82 Å². The zero-order chi connectivity index (χ0) is 13.4. The van der Waals surface area contributed by atoms with Gasteiger partial charge in [-0.3, -0.25) is 5.01 Å². The predicted octanol–water partition coefficient (Wildman–Crippen LogP) is 0.960. The van der Waals surface area contributed by atoms with Gasteiger partial charge in [-0.1, -0.05) is 6.07 Å².